The molecule has 1 aliphatic heterocycles. The van der Waals surface area contributed by atoms with Crippen LogP contribution >= 0.6 is 11.8 Å². The number of nitrogens with one attached hydrogen (secondary N) is 1. The van der Waals surface area contributed by atoms with Gasteiger partial charge in [-0.1, -0.05) is 0 Å². The molecule has 9 heteroatoms. The highest BCUT2D eigenvalue weighted by atomic mass is 32.2. The van der Waals surface area contributed by atoms with Crippen LogP contribution in [0, 0.1) is 10.1 Å². The Morgan fingerprint density at radius 3 is 2.89 bits per heavy atom. The van der Waals surface area contributed by atoms with Crippen molar-refractivity contribution in [2.75, 3.05) is 48.7 Å². The number of nitro groups is 1. The van der Waals surface area contributed by atoms with Crippen LogP contribution in [-0.2, 0) is 0 Å². The summed E-state index contributed by atoms with van der Waals surface area (Å²) in [7, 11) is 0. The number of rotatable bonds is 5. The summed E-state index contributed by atoms with van der Waals surface area (Å²) in [5.74, 6) is 2.35. The average molecular weight is 284 g/mol. The molecule has 1 saturated heterocycles. The highest BCUT2D eigenvalue weighted by Gasteiger charge is 2.20. The van der Waals surface area contributed by atoms with Crippen LogP contribution in [-0.4, -0.2) is 57.5 Å². The van der Waals surface area contributed by atoms with Gasteiger partial charge < -0.3 is 11.1 Å². The van der Waals surface area contributed by atoms with E-state index in [1.54, 1.807) is 0 Å². The number of anilines is 2. The molecule has 8 nitrogen and oxygen atoms in total. The predicted octanol–water partition coefficient (Wildman–Crippen LogP) is 0.428. The topological polar surface area (TPSA) is 110 Å². The van der Waals surface area contributed by atoms with Gasteiger partial charge in [0.05, 0.1) is 4.92 Å². The van der Waals surface area contributed by atoms with E-state index in [4.69, 9.17) is 5.73 Å². The highest BCUT2D eigenvalue weighted by Crippen LogP contribution is 2.25. The monoisotopic (exact) mass is 284 g/mol. The zero-order valence-corrected chi connectivity index (χ0v) is 11.2. The Labute approximate surface area is 114 Å². The molecule has 0 saturated carbocycles. The Bertz CT molecular complexity index is 452. The average Bonchev–Trinajstić information content (AvgIpc) is 2.39. The van der Waals surface area contributed by atoms with Crippen molar-refractivity contribution >= 4 is 29.1 Å². The van der Waals surface area contributed by atoms with Crippen molar-refractivity contribution < 1.29 is 4.92 Å². The number of hydrogen-bond acceptors (Lipinski definition) is 8. The van der Waals surface area contributed by atoms with Crippen molar-refractivity contribution in [2.45, 2.75) is 0 Å². The molecule has 19 heavy (non-hydrogen) atoms. The standard InChI is InChI=1S/C10H16N6O2S/c11-9-8(16(17)18)10(14-7-13-9)12-1-2-15-3-5-19-6-4-15/h7H,1-6H2,(H3,11,12,13,14). The van der Waals surface area contributed by atoms with Crippen LogP contribution < -0.4 is 11.1 Å². The second-order valence-electron chi connectivity index (χ2n) is 4.09. The summed E-state index contributed by atoms with van der Waals surface area (Å²) in [6.45, 7) is 3.55. The van der Waals surface area contributed by atoms with Gasteiger partial charge >= 0.3 is 5.69 Å². The fourth-order valence-electron chi connectivity index (χ4n) is 1.86. The summed E-state index contributed by atoms with van der Waals surface area (Å²) in [6.07, 6.45) is 1.22. The largest absolute Gasteiger partial charge is 0.378 e. The maximum atomic E-state index is 10.9. The van der Waals surface area contributed by atoms with E-state index in [0.717, 1.165) is 31.1 Å². The van der Waals surface area contributed by atoms with Gasteiger partial charge in [-0.2, -0.15) is 11.8 Å². The van der Waals surface area contributed by atoms with Gasteiger partial charge in [0.1, 0.15) is 6.33 Å². The number of nitrogens with two attached hydrogens (primary N) is 1. The van der Waals surface area contributed by atoms with Gasteiger partial charge in [0.15, 0.2) is 0 Å². The van der Waals surface area contributed by atoms with Gasteiger partial charge in [-0.25, -0.2) is 9.97 Å². The van der Waals surface area contributed by atoms with Gasteiger partial charge in [-0.15, -0.1) is 0 Å². The molecule has 0 spiro atoms. The Kier molecular flexibility index (Phi) is 4.74. The van der Waals surface area contributed by atoms with Crippen LogP contribution in [0.25, 0.3) is 0 Å². The molecular formula is C10H16N6O2S. The summed E-state index contributed by atoms with van der Waals surface area (Å²) < 4.78 is 0. The first kappa shape index (κ1) is 13.8. The maximum Gasteiger partial charge on any atom is 0.352 e. The van der Waals surface area contributed by atoms with E-state index >= 15 is 0 Å². The zero-order valence-electron chi connectivity index (χ0n) is 10.4. The number of aromatic nitrogens is 2. The van der Waals surface area contributed by atoms with Gasteiger partial charge in [0.25, 0.3) is 0 Å². The Morgan fingerprint density at radius 2 is 2.21 bits per heavy atom. The molecule has 2 heterocycles. The number of nitrogen functional groups attached to an aromatic ring is 1. The predicted molar refractivity (Wildman–Crippen MR) is 75.4 cm³/mol. The molecule has 1 aromatic heterocycles. The first-order chi connectivity index (χ1) is 9.18. The van der Waals surface area contributed by atoms with Crippen molar-refractivity contribution in [3.8, 4) is 0 Å². The van der Waals surface area contributed by atoms with Crippen molar-refractivity contribution in [1.29, 1.82) is 0 Å². The minimum Gasteiger partial charge on any atom is -0.378 e. The van der Waals surface area contributed by atoms with Crippen LogP contribution in [0.5, 0.6) is 0 Å². The SMILES string of the molecule is Nc1ncnc(NCCN2CCSCC2)c1[N+](=O)[O-]. The Morgan fingerprint density at radius 1 is 1.47 bits per heavy atom. The van der Waals surface area contributed by atoms with Gasteiger partial charge in [-0.05, 0) is 0 Å². The minimum atomic E-state index is -0.560. The third-order valence-electron chi connectivity index (χ3n) is 2.86. The molecule has 0 atom stereocenters. The summed E-state index contributed by atoms with van der Waals surface area (Å²) in [5, 5.41) is 13.9. The summed E-state index contributed by atoms with van der Waals surface area (Å²) >= 11 is 1.95. The van der Waals surface area contributed by atoms with E-state index in [2.05, 4.69) is 20.2 Å². The molecule has 0 aliphatic carbocycles. The fourth-order valence-corrected chi connectivity index (χ4v) is 2.84. The Hall–Kier alpha value is -1.61. The van der Waals surface area contributed by atoms with Crippen LogP contribution in [0.15, 0.2) is 6.33 Å². The van der Waals surface area contributed by atoms with Crippen LogP contribution in [0.1, 0.15) is 0 Å². The summed E-state index contributed by atoms with van der Waals surface area (Å²) in [4.78, 5) is 20.2. The molecule has 0 aromatic carbocycles. The van der Waals surface area contributed by atoms with Gasteiger partial charge in [0.2, 0.25) is 11.6 Å². The molecule has 3 N–H and O–H groups in total. The van der Waals surface area contributed by atoms with E-state index in [-0.39, 0.29) is 17.3 Å². The molecule has 0 bridgehead atoms. The van der Waals surface area contributed by atoms with Crippen molar-refractivity contribution in [1.82, 2.24) is 14.9 Å². The molecule has 1 aliphatic rings. The van der Waals surface area contributed by atoms with Crippen molar-refractivity contribution in [3.63, 3.8) is 0 Å². The first-order valence-corrected chi connectivity index (χ1v) is 7.13. The second kappa shape index (κ2) is 6.53. The molecule has 0 radical (unpaired) electrons. The molecule has 1 fully saturated rings. The number of thioether (sulfide) groups is 1. The fraction of sp³-hybridized carbons (Fsp3) is 0.600. The lowest BCUT2D eigenvalue weighted by molar-refractivity contribution is -0.383. The van der Waals surface area contributed by atoms with E-state index in [0.29, 0.717) is 6.54 Å². The Balaban J connectivity index is 1.92. The van der Waals surface area contributed by atoms with Gasteiger partial charge in [-0.3, -0.25) is 15.0 Å². The highest BCUT2D eigenvalue weighted by molar-refractivity contribution is 7.99. The molecule has 0 unspecified atom stereocenters. The first-order valence-electron chi connectivity index (χ1n) is 5.97. The van der Waals surface area contributed by atoms with Crippen LogP contribution in [0.4, 0.5) is 17.3 Å². The molecular weight excluding hydrogens is 268 g/mol. The van der Waals surface area contributed by atoms with E-state index in [1.165, 1.54) is 6.33 Å². The molecule has 1 aromatic rings. The normalized spacial score (nSPS) is 16.2. The number of hydrogen-bond donors (Lipinski definition) is 2. The van der Waals surface area contributed by atoms with Crippen LogP contribution in [0.3, 0.4) is 0 Å². The van der Waals surface area contributed by atoms with Crippen molar-refractivity contribution in [2.24, 2.45) is 0 Å². The smallest absolute Gasteiger partial charge is 0.352 e. The van der Waals surface area contributed by atoms with Crippen LogP contribution in [0.2, 0.25) is 0 Å². The maximum absolute atomic E-state index is 10.9. The second-order valence-corrected chi connectivity index (χ2v) is 5.32. The lowest BCUT2D eigenvalue weighted by Gasteiger charge is -2.26. The lowest BCUT2D eigenvalue weighted by atomic mass is 10.4. The third kappa shape index (κ3) is 3.67. The quantitative estimate of drug-likeness (QED) is 0.591. The zero-order chi connectivity index (χ0) is 13.7. The van der Waals surface area contributed by atoms with Crippen molar-refractivity contribution in [3.05, 3.63) is 16.4 Å². The minimum absolute atomic E-state index is 0.114. The third-order valence-corrected chi connectivity index (χ3v) is 3.80. The molecule has 0 amide bonds. The molecule has 104 valence electrons. The van der Waals surface area contributed by atoms with E-state index in [9.17, 15) is 10.1 Å². The van der Waals surface area contributed by atoms with E-state index < -0.39 is 4.92 Å². The molecule has 2 rings (SSSR count). The number of nitrogens with zero attached hydrogens (tertiary/aromatic N) is 4. The van der Waals surface area contributed by atoms with Gasteiger partial charge in [0, 0.05) is 37.7 Å². The van der Waals surface area contributed by atoms with E-state index in [1.807, 2.05) is 11.8 Å². The summed E-state index contributed by atoms with van der Waals surface area (Å²) in [5.41, 5.74) is 5.24. The summed E-state index contributed by atoms with van der Waals surface area (Å²) in [6, 6.07) is 0. The lowest BCUT2D eigenvalue weighted by Crippen LogP contribution is -2.36.